The molecule has 0 atom stereocenters. The molecule has 0 heterocycles. The molecule has 0 bridgehead atoms. The van der Waals surface area contributed by atoms with Crippen LogP contribution in [0.2, 0.25) is 0 Å². The molecule has 0 spiro atoms. The summed E-state index contributed by atoms with van der Waals surface area (Å²) in [6, 6.07) is 12.9. The van der Waals surface area contributed by atoms with E-state index in [2.05, 4.69) is 10.0 Å². The Balaban J connectivity index is 1.97. The van der Waals surface area contributed by atoms with Crippen LogP contribution in [0.3, 0.4) is 0 Å². The quantitative estimate of drug-likeness (QED) is 0.810. The van der Waals surface area contributed by atoms with Gasteiger partial charge in [-0.25, -0.2) is 9.52 Å². The predicted molar refractivity (Wildman–Crippen MR) is 87.1 cm³/mol. The largest absolute Gasteiger partial charge is 0.334 e. The average molecular weight is 319 g/mol. The van der Waals surface area contributed by atoms with Gasteiger partial charge in [-0.1, -0.05) is 35.4 Å². The summed E-state index contributed by atoms with van der Waals surface area (Å²) < 4.78 is 27.9. The molecule has 22 heavy (non-hydrogen) atoms. The van der Waals surface area contributed by atoms with Crippen molar-refractivity contribution in [2.24, 2.45) is 0 Å². The van der Waals surface area contributed by atoms with Gasteiger partial charge in [0.1, 0.15) is 0 Å². The number of carbonyl (C=O) groups is 1. The van der Waals surface area contributed by atoms with Gasteiger partial charge in [0.05, 0.1) is 5.69 Å². The number of nitrogens with one attached hydrogen (secondary N) is 3. The van der Waals surface area contributed by atoms with E-state index in [0.29, 0.717) is 11.4 Å². The van der Waals surface area contributed by atoms with Crippen LogP contribution in [0.5, 0.6) is 0 Å². The third kappa shape index (κ3) is 4.78. The lowest BCUT2D eigenvalue weighted by molar-refractivity contribution is 0.256. The lowest BCUT2D eigenvalue weighted by atomic mass is 10.2. The number of benzene rings is 2. The fourth-order valence-corrected chi connectivity index (χ4v) is 2.51. The van der Waals surface area contributed by atoms with Crippen LogP contribution in [0.1, 0.15) is 11.1 Å². The van der Waals surface area contributed by atoms with E-state index in [1.54, 1.807) is 36.4 Å². The Morgan fingerprint density at radius 3 is 1.77 bits per heavy atom. The van der Waals surface area contributed by atoms with Crippen molar-refractivity contribution in [1.82, 2.24) is 4.72 Å². The second kappa shape index (κ2) is 6.48. The molecule has 0 unspecified atom stereocenters. The highest BCUT2D eigenvalue weighted by atomic mass is 32.2. The van der Waals surface area contributed by atoms with Crippen molar-refractivity contribution < 1.29 is 13.2 Å². The monoisotopic (exact) mass is 319 g/mol. The predicted octanol–water partition coefficient (Wildman–Crippen LogP) is 2.78. The minimum absolute atomic E-state index is 0.376. The number of hydrogen-bond acceptors (Lipinski definition) is 3. The smallest absolute Gasteiger partial charge is 0.307 e. The third-order valence-corrected chi connectivity index (χ3v) is 3.80. The summed E-state index contributed by atoms with van der Waals surface area (Å²) in [5.41, 5.74) is 2.93. The summed E-state index contributed by atoms with van der Waals surface area (Å²) in [5.74, 6) is 0. The van der Waals surface area contributed by atoms with Gasteiger partial charge < -0.3 is 5.32 Å². The first kappa shape index (κ1) is 15.8. The lowest BCUT2D eigenvalue weighted by Crippen LogP contribution is -2.38. The van der Waals surface area contributed by atoms with Crippen LogP contribution < -0.4 is 14.8 Å². The molecule has 0 radical (unpaired) electrons. The van der Waals surface area contributed by atoms with Crippen LogP contribution in [0.25, 0.3) is 0 Å². The zero-order valence-corrected chi connectivity index (χ0v) is 13.1. The maximum atomic E-state index is 11.9. The molecular weight excluding hydrogens is 302 g/mol. The highest BCUT2D eigenvalue weighted by Gasteiger charge is 2.14. The summed E-state index contributed by atoms with van der Waals surface area (Å²) >= 11 is 0. The van der Waals surface area contributed by atoms with Gasteiger partial charge in [0.15, 0.2) is 0 Å². The summed E-state index contributed by atoms with van der Waals surface area (Å²) in [5, 5.41) is 2.45. The van der Waals surface area contributed by atoms with Crippen LogP contribution in [0.4, 0.5) is 16.2 Å². The van der Waals surface area contributed by atoms with E-state index in [4.69, 9.17) is 0 Å². The van der Waals surface area contributed by atoms with E-state index in [1.165, 1.54) is 0 Å². The molecule has 116 valence electrons. The molecule has 2 aromatic carbocycles. The van der Waals surface area contributed by atoms with E-state index in [0.717, 1.165) is 11.1 Å². The van der Waals surface area contributed by atoms with Gasteiger partial charge in [-0.05, 0) is 38.1 Å². The van der Waals surface area contributed by atoms with Crippen molar-refractivity contribution >= 4 is 27.6 Å². The Labute approximate surface area is 129 Å². The second-order valence-corrected chi connectivity index (χ2v) is 6.31. The number of rotatable bonds is 4. The van der Waals surface area contributed by atoms with Crippen LogP contribution >= 0.6 is 0 Å². The first-order chi connectivity index (χ1) is 10.3. The highest BCUT2D eigenvalue weighted by molar-refractivity contribution is 7.91. The molecule has 0 aliphatic carbocycles. The Morgan fingerprint density at radius 1 is 0.818 bits per heavy atom. The van der Waals surface area contributed by atoms with E-state index < -0.39 is 16.2 Å². The Hall–Kier alpha value is -2.54. The SMILES string of the molecule is Cc1ccc(NC(=O)NS(=O)(=O)Nc2ccc(C)cc2)cc1. The minimum atomic E-state index is -3.99. The maximum absolute atomic E-state index is 11.9. The first-order valence-corrected chi connectivity index (χ1v) is 8.07. The van der Waals surface area contributed by atoms with Gasteiger partial charge in [-0.3, -0.25) is 4.72 Å². The second-order valence-electron chi connectivity index (χ2n) is 4.89. The summed E-state index contributed by atoms with van der Waals surface area (Å²) in [6.45, 7) is 3.81. The Morgan fingerprint density at radius 2 is 1.27 bits per heavy atom. The van der Waals surface area contributed by atoms with E-state index in [1.807, 2.05) is 30.7 Å². The van der Waals surface area contributed by atoms with Crippen molar-refractivity contribution in [2.45, 2.75) is 13.8 Å². The van der Waals surface area contributed by atoms with Gasteiger partial charge in [0.2, 0.25) is 0 Å². The van der Waals surface area contributed by atoms with Crippen molar-refractivity contribution in [1.29, 1.82) is 0 Å². The molecule has 2 amide bonds. The normalized spacial score (nSPS) is 10.8. The van der Waals surface area contributed by atoms with E-state index in [9.17, 15) is 13.2 Å². The number of anilines is 2. The third-order valence-electron chi connectivity index (χ3n) is 2.84. The van der Waals surface area contributed by atoms with Gasteiger partial charge in [0, 0.05) is 5.69 Å². The number of carbonyl (C=O) groups excluding carboxylic acids is 1. The maximum Gasteiger partial charge on any atom is 0.334 e. The molecule has 0 saturated heterocycles. The average Bonchev–Trinajstić information content (AvgIpc) is 2.43. The van der Waals surface area contributed by atoms with E-state index in [-0.39, 0.29) is 0 Å². The topological polar surface area (TPSA) is 87.3 Å². The van der Waals surface area contributed by atoms with Gasteiger partial charge in [0.25, 0.3) is 0 Å². The summed E-state index contributed by atoms with van der Waals surface area (Å²) in [4.78, 5) is 11.7. The van der Waals surface area contributed by atoms with Crippen molar-refractivity contribution in [3.8, 4) is 0 Å². The molecule has 0 aromatic heterocycles. The van der Waals surface area contributed by atoms with Gasteiger partial charge in [-0.2, -0.15) is 8.42 Å². The summed E-state index contributed by atoms with van der Waals surface area (Å²) in [7, 11) is -3.99. The van der Waals surface area contributed by atoms with Crippen LogP contribution in [0.15, 0.2) is 48.5 Å². The van der Waals surface area contributed by atoms with E-state index >= 15 is 0 Å². The Kier molecular flexibility index (Phi) is 4.67. The van der Waals surface area contributed by atoms with Crippen molar-refractivity contribution in [3.05, 3.63) is 59.7 Å². The van der Waals surface area contributed by atoms with Gasteiger partial charge in [-0.15, -0.1) is 0 Å². The summed E-state index contributed by atoms with van der Waals surface area (Å²) in [6.07, 6.45) is 0. The number of urea groups is 1. The lowest BCUT2D eigenvalue weighted by Gasteiger charge is -2.10. The zero-order valence-electron chi connectivity index (χ0n) is 12.3. The highest BCUT2D eigenvalue weighted by Crippen LogP contribution is 2.11. The zero-order chi connectivity index (χ0) is 16.2. The van der Waals surface area contributed by atoms with Crippen LogP contribution in [-0.4, -0.2) is 14.4 Å². The van der Waals surface area contributed by atoms with Crippen LogP contribution in [-0.2, 0) is 10.2 Å². The molecule has 0 saturated carbocycles. The molecule has 0 fully saturated rings. The first-order valence-electron chi connectivity index (χ1n) is 6.59. The van der Waals surface area contributed by atoms with Crippen molar-refractivity contribution in [3.63, 3.8) is 0 Å². The molecular formula is C15H17N3O3S. The number of hydrogen-bond donors (Lipinski definition) is 3. The molecule has 0 aliphatic rings. The Bertz CT molecular complexity index is 754. The fraction of sp³-hybridized carbons (Fsp3) is 0.133. The molecule has 2 rings (SSSR count). The fourth-order valence-electron chi connectivity index (χ4n) is 1.72. The molecule has 7 heteroatoms. The molecule has 6 nitrogen and oxygen atoms in total. The standard InChI is InChI=1S/C15H17N3O3S/c1-11-3-7-13(8-4-11)16-15(19)18-22(20,21)17-14-9-5-12(2)6-10-14/h3-10,17H,1-2H3,(H2,16,18,19). The minimum Gasteiger partial charge on any atom is -0.307 e. The van der Waals surface area contributed by atoms with Crippen molar-refractivity contribution in [2.75, 3.05) is 10.0 Å². The number of aryl methyl sites for hydroxylation is 2. The number of amides is 2. The molecule has 3 N–H and O–H groups in total. The molecule has 0 aliphatic heterocycles. The van der Waals surface area contributed by atoms with Crippen LogP contribution in [0, 0.1) is 13.8 Å². The van der Waals surface area contributed by atoms with Gasteiger partial charge >= 0.3 is 16.2 Å². The molecule has 2 aromatic rings.